The van der Waals surface area contributed by atoms with Crippen molar-refractivity contribution in [2.45, 2.75) is 45.4 Å². The summed E-state index contributed by atoms with van der Waals surface area (Å²) in [6.07, 6.45) is -0.814. The van der Waals surface area contributed by atoms with Gasteiger partial charge in [-0.2, -0.15) is 8.78 Å². The zero-order valence-electron chi connectivity index (χ0n) is 19.1. The smallest absolute Gasteiger partial charge is 0.398 e. The van der Waals surface area contributed by atoms with Gasteiger partial charge in [-0.25, -0.2) is 9.37 Å². The molecule has 11 heteroatoms. The van der Waals surface area contributed by atoms with Crippen LogP contribution in [0.25, 0.3) is 5.69 Å². The zero-order valence-corrected chi connectivity index (χ0v) is 19.1. The van der Waals surface area contributed by atoms with Gasteiger partial charge in [-0.3, -0.25) is 9.59 Å². The first kappa shape index (κ1) is 23.0. The van der Waals surface area contributed by atoms with Gasteiger partial charge in [0.2, 0.25) is 0 Å². The van der Waals surface area contributed by atoms with E-state index in [1.165, 1.54) is 10.6 Å². The molecule has 184 valence electrons. The molecule has 0 saturated carbocycles. The molecule has 0 N–H and O–H groups in total. The van der Waals surface area contributed by atoms with E-state index in [4.69, 9.17) is 4.74 Å². The van der Waals surface area contributed by atoms with Crippen molar-refractivity contribution in [3.8, 4) is 17.2 Å². The number of halogens is 3. The van der Waals surface area contributed by atoms with Crippen LogP contribution in [0.4, 0.5) is 13.2 Å². The van der Waals surface area contributed by atoms with E-state index in [1.54, 1.807) is 41.0 Å². The summed E-state index contributed by atoms with van der Waals surface area (Å²) in [4.78, 5) is 31.9. The summed E-state index contributed by atoms with van der Waals surface area (Å²) in [5.41, 5.74) is 1.40. The lowest BCUT2D eigenvalue weighted by atomic mass is 10.0. The molecule has 1 aromatic carbocycles. The van der Waals surface area contributed by atoms with Crippen LogP contribution in [-0.4, -0.2) is 50.2 Å². The van der Waals surface area contributed by atoms with Crippen LogP contribution in [0, 0.1) is 12.7 Å². The number of benzene rings is 1. The Kier molecular flexibility index (Phi) is 5.57. The third-order valence-electron chi connectivity index (χ3n) is 6.29. The second-order valence-electron chi connectivity index (χ2n) is 8.73. The van der Waals surface area contributed by atoms with Gasteiger partial charge in [-0.1, -0.05) is 0 Å². The first-order chi connectivity index (χ1) is 16.6. The number of fused-ring (bicyclic) bond motifs is 2. The topological polar surface area (TPSA) is 78.6 Å². The number of alkyl halides is 2. The molecule has 1 amide bonds. The van der Waals surface area contributed by atoms with E-state index in [1.807, 2.05) is 6.92 Å². The lowest BCUT2D eigenvalue weighted by Crippen LogP contribution is -2.50. The lowest BCUT2D eigenvalue weighted by Gasteiger charge is -2.34. The van der Waals surface area contributed by atoms with Crippen LogP contribution < -0.4 is 15.0 Å². The van der Waals surface area contributed by atoms with Gasteiger partial charge in [0.25, 0.3) is 11.5 Å². The van der Waals surface area contributed by atoms with Gasteiger partial charge in [-0.15, -0.1) is 0 Å². The second kappa shape index (κ2) is 8.47. The van der Waals surface area contributed by atoms with Crippen LogP contribution in [0.3, 0.4) is 0 Å². The summed E-state index contributed by atoms with van der Waals surface area (Å²) >= 11 is 0. The highest BCUT2D eigenvalue weighted by Gasteiger charge is 2.39. The molecule has 0 fully saturated rings. The second-order valence-corrected chi connectivity index (χ2v) is 8.73. The van der Waals surface area contributed by atoms with E-state index in [9.17, 15) is 22.8 Å². The highest BCUT2D eigenvalue weighted by atomic mass is 19.3. The summed E-state index contributed by atoms with van der Waals surface area (Å²) in [7, 11) is 0. The van der Waals surface area contributed by atoms with Crippen LogP contribution in [0.2, 0.25) is 0 Å². The van der Waals surface area contributed by atoms with E-state index in [-0.39, 0.29) is 41.5 Å². The minimum atomic E-state index is -3.43. The molecule has 0 bridgehead atoms. The van der Waals surface area contributed by atoms with Crippen molar-refractivity contribution in [1.82, 2.24) is 19.0 Å². The summed E-state index contributed by atoms with van der Waals surface area (Å²) in [6, 6.07) is 5.21. The van der Waals surface area contributed by atoms with Crippen LogP contribution in [-0.2, 0) is 13.0 Å². The number of imidazole rings is 1. The third-order valence-corrected chi connectivity index (χ3v) is 6.29. The number of carbonyl (C=O) groups is 1. The van der Waals surface area contributed by atoms with E-state index in [0.717, 1.165) is 11.8 Å². The fourth-order valence-corrected chi connectivity index (χ4v) is 4.44. The maximum absolute atomic E-state index is 14.0. The average Bonchev–Trinajstić information content (AvgIpc) is 3.25. The molecule has 0 unspecified atom stereocenters. The van der Waals surface area contributed by atoms with Gasteiger partial charge in [0.1, 0.15) is 23.7 Å². The summed E-state index contributed by atoms with van der Waals surface area (Å²) in [5, 5.41) is 0. The molecule has 0 aliphatic carbocycles. The molecule has 3 aromatic rings. The van der Waals surface area contributed by atoms with E-state index < -0.39 is 30.1 Å². The number of nitrogens with zero attached hydrogens (tertiary/aromatic N) is 4. The Bertz CT molecular complexity index is 1370. The zero-order chi connectivity index (χ0) is 24.9. The Hall–Kier alpha value is -3.76. The number of rotatable bonds is 5. The third kappa shape index (κ3) is 4.15. The molecular weight excluding hydrogens is 465 g/mol. The molecule has 0 saturated heterocycles. The van der Waals surface area contributed by atoms with Gasteiger partial charge < -0.3 is 23.5 Å². The monoisotopic (exact) mass is 488 g/mol. The molecule has 0 spiro atoms. The Morgan fingerprint density at radius 2 is 2.00 bits per heavy atom. The molecular formula is C24H23F3N4O4. The molecule has 2 aliphatic heterocycles. The molecule has 35 heavy (non-hydrogen) atoms. The molecule has 2 aromatic heterocycles. The number of pyridine rings is 1. The number of amides is 1. The van der Waals surface area contributed by atoms with Crippen LogP contribution in [0.1, 0.15) is 35.1 Å². The lowest BCUT2D eigenvalue weighted by molar-refractivity contribution is -0.188. The summed E-state index contributed by atoms with van der Waals surface area (Å²) in [5.74, 6) is -1.46. The predicted octanol–water partition coefficient (Wildman–Crippen LogP) is 3.32. The normalized spacial score (nSPS) is 17.4. The number of carbonyl (C=O) groups excluding carboxylic acids is 1. The van der Waals surface area contributed by atoms with Crippen molar-refractivity contribution in [2.75, 3.05) is 13.2 Å². The van der Waals surface area contributed by atoms with Crippen LogP contribution in [0.15, 0.2) is 41.6 Å². The van der Waals surface area contributed by atoms with Gasteiger partial charge in [-0.05, 0) is 44.5 Å². The Labute approximate surface area is 198 Å². The largest absolute Gasteiger partial charge is 0.491 e. The van der Waals surface area contributed by atoms with E-state index in [0.29, 0.717) is 18.8 Å². The van der Waals surface area contributed by atoms with Gasteiger partial charge in [0, 0.05) is 24.8 Å². The molecule has 1 atom stereocenters. The molecule has 5 rings (SSSR count). The number of aromatic nitrogens is 3. The maximum Gasteiger partial charge on any atom is 0.398 e. The molecule has 4 heterocycles. The summed E-state index contributed by atoms with van der Waals surface area (Å²) in [6.45, 7) is 4.26. The number of aryl methyl sites for hydroxylation is 1. The number of ether oxygens (including phenoxy) is 2. The predicted molar refractivity (Wildman–Crippen MR) is 119 cm³/mol. The quantitative estimate of drug-likeness (QED) is 0.551. The minimum Gasteiger partial charge on any atom is -0.491 e. The van der Waals surface area contributed by atoms with E-state index in [2.05, 4.69) is 9.72 Å². The number of hydrogen-bond acceptors (Lipinski definition) is 5. The Balaban J connectivity index is 1.32. The van der Waals surface area contributed by atoms with E-state index >= 15 is 0 Å². The molecule has 0 radical (unpaired) electrons. The average molecular weight is 488 g/mol. The Morgan fingerprint density at radius 3 is 2.74 bits per heavy atom. The maximum atomic E-state index is 14.0. The van der Waals surface area contributed by atoms with Crippen molar-refractivity contribution < 1.29 is 27.4 Å². The highest BCUT2D eigenvalue weighted by molar-refractivity contribution is 5.93. The van der Waals surface area contributed by atoms with Crippen molar-refractivity contribution >= 4 is 5.91 Å². The molecule has 8 nitrogen and oxygen atoms in total. The first-order valence-corrected chi connectivity index (χ1v) is 11.2. The standard InChI is InChI=1S/C24H23F3N4O4/c1-14-11-29(13-28-14)18-4-5-19-23(33)30(9-10-31(19)22(18)32)15(2)12-34-20-6-3-17(25)21-16(20)7-8-24(26,27)35-21/h3-6,11,13,15H,7-10,12H2,1-2H3/t15-/m0/s1. The van der Waals surface area contributed by atoms with Crippen molar-refractivity contribution in [2.24, 2.45) is 0 Å². The first-order valence-electron chi connectivity index (χ1n) is 11.2. The van der Waals surface area contributed by atoms with Crippen molar-refractivity contribution in [3.05, 3.63) is 69.9 Å². The SMILES string of the molecule is Cc1cn(-c2ccc3n(c2=O)CCN([C@@H](C)COc2ccc(F)c4c2CCC(F)(F)O4)C3=O)cn1. The van der Waals surface area contributed by atoms with Crippen LogP contribution in [0.5, 0.6) is 11.5 Å². The Morgan fingerprint density at radius 1 is 1.20 bits per heavy atom. The van der Waals surface area contributed by atoms with Crippen molar-refractivity contribution in [1.29, 1.82) is 0 Å². The van der Waals surface area contributed by atoms with Crippen molar-refractivity contribution in [3.63, 3.8) is 0 Å². The number of hydrogen-bond donors (Lipinski definition) is 0. The summed E-state index contributed by atoms with van der Waals surface area (Å²) < 4.78 is 54.6. The minimum absolute atomic E-state index is 0.0524. The van der Waals surface area contributed by atoms with Gasteiger partial charge in [0.05, 0.1) is 24.5 Å². The van der Waals surface area contributed by atoms with Gasteiger partial charge in [0.15, 0.2) is 11.6 Å². The van der Waals surface area contributed by atoms with Gasteiger partial charge >= 0.3 is 6.11 Å². The van der Waals surface area contributed by atoms with Crippen LogP contribution >= 0.6 is 0 Å². The molecule has 2 aliphatic rings. The fourth-order valence-electron chi connectivity index (χ4n) is 4.44. The highest BCUT2D eigenvalue weighted by Crippen LogP contribution is 2.41. The fraction of sp³-hybridized carbons (Fsp3) is 0.375.